The van der Waals surface area contributed by atoms with Crippen molar-refractivity contribution in [2.45, 2.75) is 31.3 Å². The van der Waals surface area contributed by atoms with E-state index >= 15 is 0 Å². The van der Waals surface area contributed by atoms with Crippen LogP contribution in [0.15, 0.2) is 24.3 Å². The second-order valence-corrected chi connectivity index (χ2v) is 6.75. The van der Waals surface area contributed by atoms with Crippen LogP contribution in [-0.2, 0) is 4.79 Å². The third-order valence-corrected chi connectivity index (χ3v) is 4.77. The minimum absolute atomic E-state index is 0. The van der Waals surface area contributed by atoms with Gasteiger partial charge in [0, 0.05) is 28.7 Å². The SMILES string of the molecule is Cl.O=C(COc1ccc(I)cc1)N1CCC2CCC(C1)N2. The van der Waals surface area contributed by atoms with Gasteiger partial charge in [-0.2, -0.15) is 0 Å². The first-order chi connectivity index (χ1) is 9.70. The molecule has 0 aliphatic carbocycles. The molecule has 0 saturated carbocycles. The maximum absolute atomic E-state index is 12.2. The van der Waals surface area contributed by atoms with Crippen LogP contribution in [0.1, 0.15) is 19.3 Å². The standard InChI is InChI=1S/C15H19IN2O2.ClH/c16-11-1-5-14(6-2-11)20-10-15(19)18-8-7-12-3-4-13(9-18)17-12;/h1-2,5-6,12-13,17H,3-4,7-10H2;1H. The smallest absolute Gasteiger partial charge is 0.260 e. The first-order valence-electron chi connectivity index (χ1n) is 7.13. The Morgan fingerprint density at radius 3 is 2.71 bits per heavy atom. The molecule has 1 aromatic carbocycles. The van der Waals surface area contributed by atoms with E-state index in [0.29, 0.717) is 12.1 Å². The van der Waals surface area contributed by atoms with E-state index in [1.165, 1.54) is 12.8 Å². The Hall–Kier alpha value is -0.530. The van der Waals surface area contributed by atoms with E-state index < -0.39 is 0 Å². The minimum atomic E-state index is 0. The number of nitrogens with one attached hydrogen (secondary N) is 1. The topological polar surface area (TPSA) is 41.6 Å². The second-order valence-electron chi connectivity index (χ2n) is 5.51. The Morgan fingerprint density at radius 1 is 1.24 bits per heavy atom. The van der Waals surface area contributed by atoms with E-state index in [-0.39, 0.29) is 24.9 Å². The lowest BCUT2D eigenvalue weighted by atomic mass is 10.1. The first-order valence-corrected chi connectivity index (χ1v) is 8.21. The molecule has 2 heterocycles. The van der Waals surface area contributed by atoms with Gasteiger partial charge in [-0.05, 0) is 66.1 Å². The number of hydrogen-bond donors (Lipinski definition) is 1. The zero-order valence-corrected chi connectivity index (χ0v) is 14.7. The number of carbonyl (C=O) groups is 1. The number of hydrogen-bond acceptors (Lipinski definition) is 3. The van der Waals surface area contributed by atoms with Crippen molar-refractivity contribution in [1.82, 2.24) is 10.2 Å². The number of carbonyl (C=O) groups excluding carboxylic acids is 1. The molecule has 6 heteroatoms. The number of rotatable bonds is 3. The summed E-state index contributed by atoms with van der Waals surface area (Å²) in [5, 5.41) is 3.58. The van der Waals surface area contributed by atoms with Crippen molar-refractivity contribution in [1.29, 1.82) is 0 Å². The van der Waals surface area contributed by atoms with Gasteiger partial charge in [-0.3, -0.25) is 4.79 Å². The zero-order chi connectivity index (χ0) is 13.9. The Kier molecular flexibility index (Phi) is 6.13. The van der Waals surface area contributed by atoms with Gasteiger partial charge in [0.25, 0.3) is 5.91 Å². The van der Waals surface area contributed by atoms with Crippen molar-refractivity contribution in [2.75, 3.05) is 19.7 Å². The van der Waals surface area contributed by atoms with Crippen LogP contribution in [0.4, 0.5) is 0 Å². The molecule has 0 radical (unpaired) electrons. The van der Waals surface area contributed by atoms with Crippen LogP contribution in [0.25, 0.3) is 0 Å². The number of benzene rings is 1. The molecule has 2 fully saturated rings. The predicted octanol–water partition coefficient (Wildman–Crippen LogP) is 2.44. The third kappa shape index (κ3) is 4.47. The molecule has 4 nitrogen and oxygen atoms in total. The Balaban J connectivity index is 0.00000161. The third-order valence-electron chi connectivity index (χ3n) is 4.05. The molecular formula is C15H20ClIN2O2. The fourth-order valence-electron chi connectivity index (χ4n) is 2.94. The summed E-state index contributed by atoms with van der Waals surface area (Å²) in [6.07, 6.45) is 3.50. The Morgan fingerprint density at radius 2 is 1.95 bits per heavy atom. The lowest BCUT2D eigenvalue weighted by Gasteiger charge is -2.24. The molecule has 2 aliphatic rings. The van der Waals surface area contributed by atoms with Crippen molar-refractivity contribution in [3.05, 3.63) is 27.8 Å². The number of ether oxygens (including phenoxy) is 1. The molecule has 0 aromatic heterocycles. The fraction of sp³-hybridized carbons (Fsp3) is 0.533. The van der Waals surface area contributed by atoms with Gasteiger partial charge in [0.05, 0.1) is 0 Å². The zero-order valence-electron chi connectivity index (χ0n) is 11.8. The summed E-state index contributed by atoms with van der Waals surface area (Å²) in [5.41, 5.74) is 0. The van der Waals surface area contributed by atoms with Gasteiger partial charge in [-0.15, -0.1) is 12.4 Å². The van der Waals surface area contributed by atoms with Crippen LogP contribution in [-0.4, -0.2) is 42.6 Å². The normalized spacial score (nSPS) is 24.1. The fourth-order valence-corrected chi connectivity index (χ4v) is 3.30. The van der Waals surface area contributed by atoms with Crippen LogP contribution in [0.5, 0.6) is 5.75 Å². The Labute approximate surface area is 145 Å². The number of fused-ring (bicyclic) bond motifs is 2. The van der Waals surface area contributed by atoms with Gasteiger partial charge in [-0.1, -0.05) is 0 Å². The van der Waals surface area contributed by atoms with Crippen LogP contribution in [0.3, 0.4) is 0 Å². The lowest BCUT2D eigenvalue weighted by Crippen LogP contribution is -2.41. The summed E-state index contributed by atoms with van der Waals surface area (Å²) in [6.45, 7) is 1.81. The van der Waals surface area contributed by atoms with E-state index in [1.807, 2.05) is 29.2 Å². The van der Waals surface area contributed by atoms with Crippen LogP contribution in [0, 0.1) is 3.57 Å². The maximum atomic E-state index is 12.2. The number of amides is 1. The molecule has 2 unspecified atom stereocenters. The summed E-state index contributed by atoms with van der Waals surface area (Å²) in [7, 11) is 0. The molecule has 1 amide bonds. The van der Waals surface area contributed by atoms with Crippen LogP contribution in [0.2, 0.25) is 0 Å². The van der Waals surface area contributed by atoms with E-state index in [0.717, 1.165) is 28.8 Å². The highest BCUT2D eigenvalue weighted by molar-refractivity contribution is 14.1. The minimum Gasteiger partial charge on any atom is -0.484 e. The van der Waals surface area contributed by atoms with E-state index in [4.69, 9.17) is 4.74 Å². The largest absolute Gasteiger partial charge is 0.484 e. The van der Waals surface area contributed by atoms with Crippen molar-refractivity contribution in [3.63, 3.8) is 0 Å². The van der Waals surface area contributed by atoms with E-state index in [9.17, 15) is 4.79 Å². The average Bonchev–Trinajstić information content (AvgIpc) is 2.77. The summed E-state index contributed by atoms with van der Waals surface area (Å²) in [5.74, 6) is 0.853. The van der Waals surface area contributed by atoms with Gasteiger partial charge in [-0.25, -0.2) is 0 Å². The highest BCUT2D eigenvalue weighted by Crippen LogP contribution is 2.20. The lowest BCUT2D eigenvalue weighted by molar-refractivity contribution is -0.133. The van der Waals surface area contributed by atoms with Crippen molar-refractivity contribution in [3.8, 4) is 5.75 Å². The van der Waals surface area contributed by atoms with E-state index in [2.05, 4.69) is 27.9 Å². The van der Waals surface area contributed by atoms with E-state index in [1.54, 1.807) is 0 Å². The summed E-state index contributed by atoms with van der Waals surface area (Å²) in [6, 6.07) is 8.85. The van der Waals surface area contributed by atoms with Gasteiger partial charge in [0.1, 0.15) is 5.75 Å². The first kappa shape index (κ1) is 16.8. The van der Waals surface area contributed by atoms with Gasteiger partial charge < -0.3 is 15.0 Å². The molecule has 2 atom stereocenters. The number of halogens is 2. The molecule has 0 spiro atoms. The quantitative estimate of drug-likeness (QED) is 0.761. The number of nitrogens with zero attached hydrogens (tertiary/aromatic N) is 1. The van der Waals surface area contributed by atoms with Crippen molar-refractivity contribution >= 4 is 40.9 Å². The maximum Gasteiger partial charge on any atom is 0.260 e. The second kappa shape index (κ2) is 7.65. The molecule has 1 aromatic rings. The molecule has 21 heavy (non-hydrogen) atoms. The molecule has 3 rings (SSSR count). The molecular weight excluding hydrogens is 403 g/mol. The van der Waals surface area contributed by atoms with Gasteiger partial charge in [0.2, 0.25) is 0 Å². The molecule has 1 N–H and O–H groups in total. The van der Waals surface area contributed by atoms with Crippen molar-refractivity contribution < 1.29 is 9.53 Å². The van der Waals surface area contributed by atoms with Gasteiger partial charge in [0.15, 0.2) is 6.61 Å². The monoisotopic (exact) mass is 422 g/mol. The predicted molar refractivity (Wildman–Crippen MR) is 93.0 cm³/mol. The summed E-state index contributed by atoms with van der Waals surface area (Å²) in [4.78, 5) is 14.2. The van der Waals surface area contributed by atoms with Crippen molar-refractivity contribution in [2.24, 2.45) is 0 Å². The molecule has 2 bridgehead atoms. The Bertz CT molecular complexity index is 483. The average molecular weight is 423 g/mol. The van der Waals surface area contributed by atoms with Gasteiger partial charge >= 0.3 is 0 Å². The highest BCUT2D eigenvalue weighted by atomic mass is 127. The highest BCUT2D eigenvalue weighted by Gasteiger charge is 2.31. The number of likely N-dealkylation sites (tertiary alicyclic amines) is 1. The molecule has 2 aliphatic heterocycles. The summed E-state index contributed by atoms with van der Waals surface area (Å²) < 4.78 is 6.74. The molecule has 2 saturated heterocycles. The van der Waals surface area contributed by atoms with Crippen LogP contribution < -0.4 is 10.1 Å². The molecule has 116 valence electrons. The summed E-state index contributed by atoms with van der Waals surface area (Å²) >= 11 is 2.25. The van der Waals surface area contributed by atoms with Crippen LogP contribution >= 0.6 is 35.0 Å².